The second-order valence-electron chi connectivity index (χ2n) is 9.37. The van der Waals surface area contributed by atoms with Crippen molar-refractivity contribution in [2.45, 2.75) is 56.5 Å². The van der Waals surface area contributed by atoms with Crippen LogP contribution < -0.4 is 14.4 Å². The van der Waals surface area contributed by atoms with E-state index in [0.29, 0.717) is 24.7 Å². The average Bonchev–Trinajstić information content (AvgIpc) is 2.92. The number of nitrogens with zero attached hydrogens (tertiary/aromatic N) is 4. The van der Waals surface area contributed by atoms with Gasteiger partial charge in [-0.05, 0) is 43.9 Å². The highest BCUT2D eigenvalue weighted by Crippen LogP contribution is 2.44. The van der Waals surface area contributed by atoms with Crippen LogP contribution in [0.1, 0.15) is 48.8 Å². The van der Waals surface area contributed by atoms with Crippen LogP contribution in [0, 0.1) is 0 Å². The summed E-state index contributed by atoms with van der Waals surface area (Å²) in [5.74, 6) is -1.30. The minimum atomic E-state index is -2.27. The van der Waals surface area contributed by atoms with Crippen LogP contribution in [-0.4, -0.2) is 105 Å². The maximum absolute atomic E-state index is 10.3. The minimum absolute atomic E-state index is 0.136. The molecule has 2 aliphatic rings. The largest absolute Gasteiger partial charge is 0.493 e. The molecule has 39 heavy (non-hydrogen) atoms. The van der Waals surface area contributed by atoms with Crippen LogP contribution >= 0.6 is 0 Å². The fraction of sp³-hybridized carbons (Fsp3) is 0.500. The van der Waals surface area contributed by atoms with Crippen molar-refractivity contribution in [3.63, 3.8) is 0 Å². The van der Waals surface area contributed by atoms with Gasteiger partial charge >= 0.3 is 11.9 Å². The van der Waals surface area contributed by atoms with E-state index in [1.807, 2.05) is 44.4 Å². The first-order valence-corrected chi connectivity index (χ1v) is 12.4. The van der Waals surface area contributed by atoms with E-state index in [1.165, 1.54) is 0 Å². The number of carbonyl (C=O) groups is 2. The number of anilines is 1. The number of aliphatic hydroxyl groups is 3. The number of rotatable bonds is 8. The van der Waals surface area contributed by atoms with Crippen LogP contribution in [0.3, 0.4) is 0 Å². The summed E-state index contributed by atoms with van der Waals surface area (Å²) < 4.78 is 11.4. The molecule has 13 heteroatoms. The Morgan fingerprint density at radius 3 is 2.18 bits per heavy atom. The van der Waals surface area contributed by atoms with Crippen molar-refractivity contribution in [2.75, 3.05) is 32.7 Å². The van der Waals surface area contributed by atoms with E-state index >= 15 is 0 Å². The van der Waals surface area contributed by atoms with Crippen LogP contribution in [0.5, 0.6) is 11.5 Å². The van der Waals surface area contributed by atoms with Crippen LogP contribution in [0.25, 0.3) is 0 Å². The summed E-state index contributed by atoms with van der Waals surface area (Å²) in [6.07, 6.45) is 1.18. The van der Waals surface area contributed by atoms with Crippen molar-refractivity contribution in [2.24, 2.45) is 4.99 Å². The maximum atomic E-state index is 10.3. The average molecular weight is 547 g/mol. The smallest absolute Gasteiger partial charge is 0.335 e. The van der Waals surface area contributed by atoms with Gasteiger partial charge in [0.15, 0.2) is 23.7 Å². The van der Waals surface area contributed by atoms with E-state index in [0.717, 1.165) is 41.0 Å². The number of hydrogen-bond acceptors (Lipinski definition) is 11. The fourth-order valence-corrected chi connectivity index (χ4v) is 4.55. The Kier molecular flexibility index (Phi) is 9.78. The number of aliphatic carboxylic acids is 2. The van der Waals surface area contributed by atoms with Gasteiger partial charge in [-0.25, -0.2) is 19.6 Å². The van der Waals surface area contributed by atoms with Crippen molar-refractivity contribution in [1.29, 1.82) is 0 Å². The monoisotopic (exact) mass is 546 g/mol. The Labute approximate surface area is 225 Å². The lowest BCUT2D eigenvalue weighted by molar-refractivity contribution is -0.165. The number of ether oxygens (including phenoxy) is 2. The molecular weight excluding hydrogens is 512 g/mol. The molecule has 212 valence electrons. The van der Waals surface area contributed by atoms with E-state index in [9.17, 15) is 14.7 Å². The molecular formula is C26H34N4O9. The number of aliphatic hydroxyl groups excluding tert-OH is 3. The van der Waals surface area contributed by atoms with Crippen LogP contribution in [0.2, 0.25) is 0 Å². The van der Waals surface area contributed by atoms with Crippen molar-refractivity contribution in [1.82, 2.24) is 9.97 Å². The predicted molar refractivity (Wildman–Crippen MR) is 140 cm³/mol. The van der Waals surface area contributed by atoms with Crippen molar-refractivity contribution >= 4 is 23.6 Å². The summed E-state index contributed by atoms with van der Waals surface area (Å²) in [5.41, 5.74) is 3.92. The van der Waals surface area contributed by atoms with Gasteiger partial charge in [0.1, 0.15) is 0 Å². The second kappa shape index (κ2) is 12.8. The van der Waals surface area contributed by atoms with E-state index in [2.05, 4.69) is 16.0 Å². The molecule has 1 saturated carbocycles. The molecule has 5 atom stereocenters. The minimum Gasteiger partial charge on any atom is -0.493 e. The molecule has 0 unspecified atom stereocenters. The molecule has 1 aromatic heterocycles. The van der Waals surface area contributed by atoms with E-state index < -0.39 is 24.1 Å². The van der Waals surface area contributed by atoms with Gasteiger partial charge in [0.25, 0.3) is 0 Å². The number of aromatic nitrogens is 2. The fourth-order valence-electron chi connectivity index (χ4n) is 4.55. The molecule has 4 rings (SSSR count). The maximum Gasteiger partial charge on any atom is 0.335 e. The zero-order valence-corrected chi connectivity index (χ0v) is 22.2. The highest BCUT2D eigenvalue weighted by atomic mass is 16.5. The molecule has 0 radical (unpaired) electrons. The predicted octanol–water partition coefficient (Wildman–Crippen LogP) is 0.675. The van der Waals surface area contributed by atoms with Crippen LogP contribution in [-0.2, 0) is 9.59 Å². The number of hydrogen-bond donors (Lipinski definition) is 5. The number of carboxylic acids is 2. The third-order valence-electron chi connectivity index (χ3n) is 6.49. The van der Waals surface area contributed by atoms with Gasteiger partial charge in [0.2, 0.25) is 5.95 Å². The van der Waals surface area contributed by atoms with E-state index in [4.69, 9.17) is 34.9 Å². The Hall–Kier alpha value is -3.81. The van der Waals surface area contributed by atoms with Crippen molar-refractivity contribution < 1.29 is 44.6 Å². The molecule has 2 heterocycles. The van der Waals surface area contributed by atoms with Gasteiger partial charge in [0.05, 0.1) is 31.6 Å². The van der Waals surface area contributed by atoms with Crippen LogP contribution in [0.4, 0.5) is 5.95 Å². The lowest BCUT2D eigenvalue weighted by atomic mass is 9.74. The number of carboxylic acid groups (broad SMARTS) is 2. The number of benzene rings is 1. The SMILES string of the molecule is CCOc1cc2c(cc1OC)C(c1cnc(N(C)C)nc1)=N[C@@H]1CC[C@@H](O)C[C@H]21.O=C(O)[C@H](O)[C@@H](O)C(=O)O. The van der Waals surface area contributed by atoms with Crippen molar-refractivity contribution in [3.05, 3.63) is 41.2 Å². The standard InChI is InChI=1S/C22H28N4O3.C4H6O6/c1-5-29-20-9-15-16-8-14(27)6-7-18(16)25-21(17(15)10-19(20)28-4)13-11-23-22(24-12-13)26(2)3;5-1(3(7)8)2(6)4(9)10/h9-12,14,16,18,27H,5-8H2,1-4H3;1-2,5-6H,(H,7,8)(H,9,10)/t14-,16-,18-;1-,2-/m11/s1. The summed E-state index contributed by atoms with van der Waals surface area (Å²) in [6.45, 7) is 2.52. The van der Waals surface area contributed by atoms with E-state index in [1.54, 1.807) is 7.11 Å². The normalized spacial score (nSPS) is 21.1. The zero-order chi connectivity index (χ0) is 28.9. The summed E-state index contributed by atoms with van der Waals surface area (Å²) in [6, 6.07) is 4.20. The molecule has 13 nitrogen and oxygen atoms in total. The quantitative estimate of drug-likeness (QED) is 0.311. The first-order chi connectivity index (χ1) is 18.5. The summed E-state index contributed by atoms with van der Waals surface area (Å²) in [7, 11) is 5.48. The number of aliphatic imine (C=N–C) groups is 1. The van der Waals surface area contributed by atoms with Gasteiger partial charge in [-0.2, -0.15) is 0 Å². The van der Waals surface area contributed by atoms with Gasteiger partial charge in [-0.15, -0.1) is 0 Å². The molecule has 0 saturated heterocycles. The third kappa shape index (κ3) is 6.80. The Balaban J connectivity index is 0.000000360. The highest BCUT2D eigenvalue weighted by Gasteiger charge is 2.37. The topological polar surface area (TPSA) is 195 Å². The Bertz CT molecular complexity index is 1180. The number of fused-ring (bicyclic) bond motifs is 3. The van der Waals surface area contributed by atoms with Gasteiger partial charge < -0.3 is 39.9 Å². The first-order valence-electron chi connectivity index (χ1n) is 12.4. The van der Waals surface area contributed by atoms with Gasteiger partial charge in [-0.3, -0.25) is 4.99 Å². The number of methoxy groups -OCH3 is 1. The first kappa shape index (κ1) is 29.7. The van der Waals surface area contributed by atoms with Gasteiger partial charge in [0, 0.05) is 43.5 Å². The lowest BCUT2D eigenvalue weighted by Crippen LogP contribution is -2.39. The Morgan fingerprint density at radius 2 is 1.67 bits per heavy atom. The Morgan fingerprint density at radius 1 is 1.05 bits per heavy atom. The lowest BCUT2D eigenvalue weighted by Gasteiger charge is -2.37. The molecule has 1 aliphatic heterocycles. The molecule has 1 fully saturated rings. The summed E-state index contributed by atoms with van der Waals surface area (Å²) in [4.78, 5) is 35.4. The molecule has 5 N–H and O–H groups in total. The van der Waals surface area contributed by atoms with Crippen molar-refractivity contribution in [3.8, 4) is 11.5 Å². The molecule has 1 aliphatic carbocycles. The summed E-state index contributed by atoms with van der Waals surface area (Å²) >= 11 is 0. The van der Waals surface area contributed by atoms with Crippen LogP contribution in [0.15, 0.2) is 29.5 Å². The zero-order valence-electron chi connectivity index (χ0n) is 22.2. The highest BCUT2D eigenvalue weighted by molar-refractivity contribution is 6.14. The molecule has 0 bridgehead atoms. The molecule has 0 amide bonds. The molecule has 0 spiro atoms. The molecule has 1 aromatic carbocycles. The summed E-state index contributed by atoms with van der Waals surface area (Å²) in [5, 5.41) is 42.8. The third-order valence-corrected chi connectivity index (χ3v) is 6.49. The van der Waals surface area contributed by atoms with Gasteiger partial charge in [-0.1, -0.05) is 0 Å². The van der Waals surface area contributed by atoms with E-state index in [-0.39, 0.29) is 18.1 Å². The second-order valence-corrected chi connectivity index (χ2v) is 9.37. The molecule has 2 aromatic rings.